The van der Waals surface area contributed by atoms with Crippen molar-refractivity contribution >= 4 is 29.0 Å². The van der Waals surface area contributed by atoms with Gasteiger partial charge in [-0.3, -0.25) is 0 Å². The SMILES string of the molecule is CC(C)c1ccccc1NC(=O)Nc1ccc(Cl)cc1. The molecule has 0 bridgehead atoms. The van der Waals surface area contributed by atoms with Crippen molar-refractivity contribution in [3.05, 3.63) is 59.1 Å². The van der Waals surface area contributed by atoms with E-state index < -0.39 is 0 Å². The van der Waals surface area contributed by atoms with Crippen LogP contribution in [0.4, 0.5) is 16.2 Å². The van der Waals surface area contributed by atoms with Gasteiger partial charge in [0.25, 0.3) is 0 Å². The average molecular weight is 289 g/mol. The van der Waals surface area contributed by atoms with Crippen LogP contribution in [0.2, 0.25) is 5.02 Å². The molecule has 0 saturated heterocycles. The van der Waals surface area contributed by atoms with E-state index in [0.717, 1.165) is 11.3 Å². The molecule has 0 saturated carbocycles. The predicted molar refractivity (Wildman–Crippen MR) is 84.6 cm³/mol. The lowest BCUT2D eigenvalue weighted by Crippen LogP contribution is -2.20. The fourth-order valence-electron chi connectivity index (χ4n) is 1.93. The molecule has 0 spiro atoms. The lowest BCUT2D eigenvalue weighted by Gasteiger charge is -2.14. The second kappa shape index (κ2) is 6.44. The van der Waals surface area contributed by atoms with Gasteiger partial charge in [0, 0.05) is 16.4 Å². The van der Waals surface area contributed by atoms with Crippen molar-refractivity contribution in [3.63, 3.8) is 0 Å². The zero-order valence-electron chi connectivity index (χ0n) is 11.5. The third kappa shape index (κ3) is 3.75. The van der Waals surface area contributed by atoms with Gasteiger partial charge in [-0.1, -0.05) is 43.6 Å². The minimum Gasteiger partial charge on any atom is -0.308 e. The van der Waals surface area contributed by atoms with E-state index in [-0.39, 0.29) is 6.03 Å². The second-order valence-electron chi connectivity index (χ2n) is 4.83. The number of urea groups is 1. The Morgan fingerprint density at radius 1 is 1.00 bits per heavy atom. The van der Waals surface area contributed by atoms with Crippen LogP contribution in [0.3, 0.4) is 0 Å². The van der Waals surface area contributed by atoms with Crippen LogP contribution < -0.4 is 10.6 Å². The van der Waals surface area contributed by atoms with Crippen molar-refractivity contribution in [1.29, 1.82) is 0 Å². The van der Waals surface area contributed by atoms with Crippen molar-refractivity contribution in [3.8, 4) is 0 Å². The number of amides is 2. The maximum atomic E-state index is 12.0. The van der Waals surface area contributed by atoms with Gasteiger partial charge in [-0.05, 0) is 41.8 Å². The Bertz CT molecular complexity index is 594. The van der Waals surface area contributed by atoms with E-state index >= 15 is 0 Å². The monoisotopic (exact) mass is 288 g/mol. The quantitative estimate of drug-likeness (QED) is 0.810. The number of carbonyl (C=O) groups is 1. The minimum absolute atomic E-state index is 0.263. The highest BCUT2D eigenvalue weighted by Gasteiger charge is 2.09. The summed E-state index contributed by atoms with van der Waals surface area (Å²) in [6.45, 7) is 4.19. The number of hydrogen-bond donors (Lipinski definition) is 2. The third-order valence-electron chi connectivity index (χ3n) is 2.93. The lowest BCUT2D eigenvalue weighted by molar-refractivity contribution is 0.262. The van der Waals surface area contributed by atoms with Crippen molar-refractivity contribution < 1.29 is 4.79 Å². The Kier molecular flexibility index (Phi) is 4.64. The van der Waals surface area contributed by atoms with Crippen LogP contribution in [0.25, 0.3) is 0 Å². The summed E-state index contributed by atoms with van der Waals surface area (Å²) in [5.74, 6) is 0.349. The largest absolute Gasteiger partial charge is 0.323 e. The first kappa shape index (κ1) is 14.4. The van der Waals surface area contributed by atoms with Crippen LogP contribution in [-0.2, 0) is 0 Å². The van der Waals surface area contributed by atoms with Gasteiger partial charge in [-0.15, -0.1) is 0 Å². The summed E-state index contributed by atoms with van der Waals surface area (Å²) in [5.41, 5.74) is 2.64. The van der Waals surface area contributed by atoms with Gasteiger partial charge >= 0.3 is 6.03 Å². The van der Waals surface area contributed by atoms with E-state index in [2.05, 4.69) is 24.5 Å². The fraction of sp³-hybridized carbons (Fsp3) is 0.188. The first-order chi connectivity index (χ1) is 9.56. The highest BCUT2D eigenvalue weighted by atomic mass is 35.5. The third-order valence-corrected chi connectivity index (χ3v) is 3.19. The molecule has 2 aromatic rings. The topological polar surface area (TPSA) is 41.1 Å². The first-order valence-corrected chi connectivity index (χ1v) is 6.86. The highest BCUT2D eigenvalue weighted by molar-refractivity contribution is 6.30. The molecule has 2 amide bonds. The van der Waals surface area contributed by atoms with E-state index in [1.807, 2.05) is 24.3 Å². The Morgan fingerprint density at radius 2 is 1.65 bits per heavy atom. The molecular formula is C16H17ClN2O. The van der Waals surface area contributed by atoms with Crippen LogP contribution in [0.5, 0.6) is 0 Å². The van der Waals surface area contributed by atoms with E-state index in [1.165, 1.54) is 0 Å². The minimum atomic E-state index is -0.263. The molecule has 0 atom stereocenters. The van der Waals surface area contributed by atoms with E-state index in [9.17, 15) is 4.79 Å². The van der Waals surface area contributed by atoms with Crippen molar-refractivity contribution in [2.45, 2.75) is 19.8 Å². The fourth-order valence-corrected chi connectivity index (χ4v) is 2.06. The van der Waals surface area contributed by atoms with Gasteiger partial charge < -0.3 is 10.6 Å². The normalized spacial score (nSPS) is 10.4. The molecule has 0 aliphatic carbocycles. The second-order valence-corrected chi connectivity index (χ2v) is 5.26. The molecule has 0 fully saturated rings. The zero-order valence-corrected chi connectivity index (χ0v) is 12.2. The molecule has 4 heteroatoms. The maximum Gasteiger partial charge on any atom is 0.323 e. The molecule has 0 heterocycles. The molecule has 3 nitrogen and oxygen atoms in total. The van der Waals surface area contributed by atoms with Gasteiger partial charge in [0.15, 0.2) is 0 Å². The molecule has 20 heavy (non-hydrogen) atoms. The molecule has 0 aliphatic rings. The molecule has 0 unspecified atom stereocenters. The highest BCUT2D eigenvalue weighted by Crippen LogP contribution is 2.23. The number of nitrogens with one attached hydrogen (secondary N) is 2. The van der Waals surface area contributed by atoms with Crippen molar-refractivity contribution in [1.82, 2.24) is 0 Å². The lowest BCUT2D eigenvalue weighted by atomic mass is 10.0. The summed E-state index contributed by atoms with van der Waals surface area (Å²) < 4.78 is 0. The molecular weight excluding hydrogens is 272 g/mol. The number of benzene rings is 2. The summed E-state index contributed by atoms with van der Waals surface area (Å²) in [7, 11) is 0. The van der Waals surface area contributed by atoms with Gasteiger partial charge in [0.2, 0.25) is 0 Å². The molecule has 104 valence electrons. The van der Waals surface area contributed by atoms with Gasteiger partial charge in [-0.2, -0.15) is 0 Å². The van der Waals surface area contributed by atoms with Crippen LogP contribution >= 0.6 is 11.6 Å². The van der Waals surface area contributed by atoms with Crippen molar-refractivity contribution in [2.75, 3.05) is 10.6 Å². The van der Waals surface area contributed by atoms with Gasteiger partial charge in [-0.25, -0.2) is 4.79 Å². The van der Waals surface area contributed by atoms with E-state index in [0.29, 0.717) is 16.6 Å². The smallest absolute Gasteiger partial charge is 0.308 e. The standard InChI is InChI=1S/C16H17ClN2O/c1-11(2)14-5-3-4-6-15(14)19-16(20)18-13-9-7-12(17)8-10-13/h3-11H,1-2H3,(H2,18,19,20). The van der Waals surface area contributed by atoms with E-state index in [1.54, 1.807) is 24.3 Å². The van der Waals surface area contributed by atoms with Gasteiger partial charge in [0.05, 0.1) is 0 Å². The Balaban J connectivity index is 2.07. The number of halogens is 1. The van der Waals surface area contributed by atoms with Crippen molar-refractivity contribution in [2.24, 2.45) is 0 Å². The number of hydrogen-bond acceptors (Lipinski definition) is 1. The average Bonchev–Trinajstić information content (AvgIpc) is 2.41. The summed E-state index contributed by atoms with van der Waals surface area (Å²) in [5, 5.41) is 6.29. The maximum absolute atomic E-state index is 12.0. The number of rotatable bonds is 3. The molecule has 0 aromatic heterocycles. The first-order valence-electron chi connectivity index (χ1n) is 6.49. The number of anilines is 2. The Hall–Kier alpha value is -2.00. The number of carbonyl (C=O) groups excluding carboxylic acids is 1. The van der Waals surface area contributed by atoms with Crippen LogP contribution in [0, 0.1) is 0 Å². The summed E-state index contributed by atoms with van der Waals surface area (Å²) >= 11 is 5.81. The summed E-state index contributed by atoms with van der Waals surface area (Å²) in [6, 6.07) is 14.5. The Labute approximate surface area is 124 Å². The van der Waals surface area contributed by atoms with Crippen LogP contribution in [0.15, 0.2) is 48.5 Å². The van der Waals surface area contributed by atoms with Gasteiger partial charge in [0.1, 0.15) is 0 Å². The van der Waals surface area contributed by atoms with E-state index in [4.69, 9.17) is 11.6 Å². The zero-order chi connectivity index (χ0) is 14.5. The summed E-state index contributed by atoms with van der Waals surface area (Å²) in [6.07, 6.45) is 0. The predicted octanol–water partition coefficient (Wildman–Crippen LogP) is 5.11. The van der Waals surface area contributed by atoms with Crippen LogP contribution in [-0.4, -0.2) is 6.03 Å². The molecule has 2 N–H and O–H groups in total. The molecule has 0 radical (unpaired) electrons. The summed E-state index contributed by atoms with van der Waals surface area (Å²) in [4.78, 5) is 12.0. The van der Waals surface area contributed by atoms with Crippen LogP contribution in [0.1, 0.15) is 25.3 Å². The Morgan fingerprint density at radius 3 is 2.30 bits per heavy atom. The number of para-hydroxylation sites is 1. The molecule has 2 aromatic carbocycles. The molecule has 0 aliphatic heterocycles. The molecule has 2 rings (SSSR count).